The van der Waals surface area contributed by atoms with Gasteiger partial charge in [-0.2, -0.15) is 0 Å². The average Bonchev–Trinajstić information content (AvgIpc) is 2.63. The van der Waals surface area contributed by atoms with Gasteiger partial charge in [0.15, 0.2) is 0 Å². The zero-order chi connectivity index (χ0) is 18.5. The molecule has 1 N–H and O–H groups in total. The second-order valence-electron chi connectivity index (χ2n) is 6.73. The number of nitrogens with zero attached hydrogens (tertiary/aromatic N) is 3. The van der Waals surface area contributed by atoms with Crippen molar-refractivity contribution in [3.63, 3.8) is 0 Å². The Hall–Kier alpha value is -1.27. The summed E-state index contributed by atoms with van der Waals surface area (Å²) in [5, 5.41) is 11.0. The molecule has 0 bridgehead atoms. The fourth-order valence-corrected chi connectivity index (χ4v) is 3.94. The molecule has 4 nitrogen and oxygen atoms in total. The Morgan fingerprint density at radius 3 is 2.54 bits per heavy atom. The van der Waals surface area contributed by atoms with Gasteiger partial charge in [-0.3, -0.25) is 0 Å². The Bertz CT molecular complexity index is 735. The predicted octanol–water partition coefficient (Wildman–Crippen LogP) is 4.58. The van der Waals surface area contributed by atoms with E-state index in [1.54, 1.807) is 12.1 Å². The van der Waals surface area contributed by atoms with Crippen molar-refractivity contribution in [3.05, 3.63) is 52.0 Å². The highest BCUT2D eigenvalue weighted by atomic mass is 79.9. The Kier molecular flexibility index (Phi) is 6.81. The number of phenolic OH excluding ortho intramolecular Hbond substituents is 1. The highest BCUT2D eigenvalue weighted by molar-refractivity contribution is 9.10. The van der Waals surface area contributed by atoms with Crippen LogP contribution in [0.4, 0.5) is 11.4 Å². The molecular weight excluding hydrogens is 414 g/mol. The summed E-state index contributed by atoms with van der Waals surface area (Å²) >= 11 is 9.84. The third kappa shape index (κ3) is 4.92. The first-order valence-electron chi connectivity index (χ1n) is 8.96. The molecule has 0 radical (unpaired) electrons. The minimum Gasteiger partial charge on any atom is -0.506 e. The maximum atomic E-state index is 10.4. The molecule has 2 aromatic carbocycles. The fourth-order valence-electron chi connectivity index (χ4n) is 3.28. The molecule has 0 aromatic heterocycles. The summed E-state index contributed by atoms with van der Waals surface area (Å²) in [5.41, 5.74) is 1.77. The number of hydrogen-bond donors (Lipinski definition) is 1. The summed E-state index contributed by atoms with van der Waals surface area (Å²) in [4.78, 5) is 7.02. The third-order valence-corrected chi connectivity index (χ3v) is 5.73. The summed E-state index contributed by atoms with van der Waals surface area (Å²) in [6.45, 7) is 6.35. The summed E-state index contributed by atoms with van der Waals surface area (Å²) in [6.07, 6.45) is 1.01. The SMILES string of the molecule is CN1CCN(CCCN(c2cc(Cl)ccc2O)c2ccccc2Br)CC1. The lowest BCUT2D eigenvalue weighted by Gasteiger charge is -2.33. The summed E-state index contributed by atoms with van der Waals surface area (Å²) in [6, 6.07) is 13.3. The lowest BCUT2D eigenvalue weighted by molar-refractivity contribution is 0.153. The molecule has 2 aromatic rings. The van der Waals surface area contributed by atoms with Crippen LogP contribution in [0.1, 0.15) is 6.42 Å². The lowest BCUT2D eigenvalue weighted by atomic mass is 10.2. The van der Waals surface area contributed by atoms with E-state index in [4.69, 9.17) is 11.6 Å². The summed E-state index contributed by atoms with van der Waals surface area (Å²) in [7, 11) is 2.17. The van der Waals surface area contributed by atoms with Crippen molar-refractivity contribution in [2.75, 3.05) is 51.2 Å². The Labute approximate surface area is 169 Å². The van der Waals surface area contributed by atoms with Crippen LogP contribution in [0.15, 0.2) is 46.9 Å². The van der Waals surface area contributed by atoms with E-state index >= 15 is 0 Å². The van der Waals surface area contributed by atoms with Crippen LogP contribution in [-0.2, 0) is 0 Å². The number of benzene rings is 2. The van der Waals surface area contributed by atoms with Gasteiger partial charge in [0.2, 0.25) is 0 Å². The molecule has 0 amide bonds. The summed E-state index contributed by atoms with van der Waals surface area (Å²) in [5.74, 6) is 0.241. The molecule has 0 unspecified atom stereocenters. The van der Waals surface area contributed by atoms with Gasteiger partial charge in [-0.15, -0.1) is 0 Å². The second-order valence-corrected chi connectivity index (χ2v) is 8.03. The van der Waals surface area contributed by atoms with Gasteiger partial charge in [0, 0.05) is 42.2 Å². The molecule has 3 rings (SSSR count). The smallest absolute Gasteiger partial charge is 0.139 e. The molecular formula is C20H25BrClN3O. The number of piperazine rings is 1. The van der Waals surface area contributed by atoms with Gasteiger partial charge in [-0.05, 0) is 66.3 Å². The molecule has 0 saturated carbocycles. The Morgan fingerprint density at radius 1 is 1.08 bits per heavy atom. The number of hydrogen-bond acceptors (Lipinski definition) is 4. The molecule has 6 heteroatoms. The highest BCUT2D eigenvalue weighted by Gasteiger charge is 2.18. The quantitative estimate of drug-likeness (QED) is 0.715. The van der Waals surface area contributed by atoms with Crippen molar-refractivity contribution in [1.82, 2.24) is 9.80 Å². The predicted molar refractivity (Wildman–Crippen MR) is 113 cm³/mol. The first kappa shape index (κ1) is 19.5. The van der Waals surface area contributed by atoms with E-state index in [-0.39, 0.29) is 5.75 Å². The maximum absolute atomic E-state index is 10.4. The van der Waals surface area contributed by atoms with Gasteiger partial charge in [0.05, 0.1) is 11.4 Å². The van der Waals surface area contributed by atoms with Gasteiger partial charge in [-0.1, -0.05) is 23.7 Å². The lowest BCUT2D eigenvalue weighted by Crippen LogP contribution is -2.45. The van der Waals surface area contributed by atoms with Gasteiger partial charge >= 0.3 is 0 Å². The molecule has 1 heterocycles. The van der Waals surface area contributed by atoms with Crippen molar-refractivity contribution in [1.29, 1.82) is 0 Å². The van der Waals surface area contributed by atoms with Crippen LogP contribution in [0.2, 0.25) is 5.02 Å². The van der Waals surface area contributed by atoms with E-state index in [9.17, 15) is 5.11 Å². The number of halogens is 2. The molecule has 0 aliphatic carbocycles. The zero-order valence-corrected chi connectivity index (χ0v) is 17.4. The highest BCUT2D eigenvalue weighted by Crippen LogP contribution is 2.38. The van der Waals surface area contributed by atoms with Crippen molar-refractivity contribution in [3.8, 4) is 5.75 Å². The third-order valence-electron chi connectivity index (χ3n) is 4.82. The van der Waals surface area contributed by atoms with Crippen molar-refractivity contribution in [2.45, 2.75) is 6.42 Å². The van der Waals surface area contributed by atoms with Crippen LogP contribution >= 0.6 is 27.5 Å². The monoisotopic (exact) mass is 437 g/mol. The number of para-hydroxylation sites is 1. The molecule has 1 saturated heterocycles. The summed E-state index contributed by atoms with van der Waals surface area (Å²) < 4.78 is 0.999. The van der Waals surface area contributed by atoms with Crippen LogP contribution in [0, 0.1) is 0 Å². The normalized spacial score (nSPS) is 16.0. The Balaban J connectivity index is 1.75. The van der Waals surface area contributed by atoms with Crippen LogP contribution in [-0.4, -0.2) is 61.2 Å². The van der Waals surface area contributed by atoms with Crippen molar-refractivity contribution in [2.24, 2.45) is 0 Å². The number of aromatic hydroxyl groups is 1. The van der Waals surface area contributed by atoms with Gasteiger partial charge in [0.25, 0.3) is 0 Å². The molecule has 140 valence electrons. The number of likely N-dealkylation sites (N-methyl/N-ethyl adjacent to an activating group) is 1. The first-order chi connectivity index (χ1) is 12.5. The molecule has 1 fully saturated rings. The average molecular weight is 439 g/mol. The molecule has 1 aliphatic rings. The van der Waals surface area contributed by atoms with Crippen molar-refractivity contribution >= 4 is 38.9 Å². The molecule has 0 atom stereocenters. The van der Waals surface area contributed by atoms with E-state index < -0.39 is 0 Å². The minimum atomic E-state index is 0.241. The van der Waals surface area contributed by atoms with Gasteiger partial charge in [0.1, 0.15) is 5.75 Å². The van der Waals surface area contributed by atoms with Crippen LogP contribution < -0.4 is 4.90 Å². The number of rotatable bonds is 6. The number of phenols is 1. The first-order valence-corrected chi connectivity index (χ1v) is 10.1. The maximum Gasteiger partial charge on any atom is 0.139 e. The van der Waals surface area contributed by atoms with E-state index in [1.165, 1.54) is 0 Å². The van der Waals surface area contributed by atoms with Crippen LogP contribution in [0.25, 0.3) is 0 Å². The van der Waals surface area contributed by atoms with Crippen LogP contribution in [0.5, 0.6) is 5.75 Å². The van der Waals surface area contributed by atoms with E-state index in [1.807, 2.05) is 24.3 Å². The standard InChI is InChI=1S/C20H25BrClN3O/c1-23-11-13-24(14-12-23)9-4-10-25(18-6-3-2-5-17(18)21)19-15-16(22)7-8-20(19)26/h2-3,5-8,15,26H,4,9-14H2,1H3. The fraction of sp³-hybridized carbons (Fsp3) is 0.400. The Morgan fingerprint density at radius 2 is 1.81 bits per heavy atom. The van der Waals surface area contributed by atoms with E-state index in [0.29, 0.717) is 5.02 Å². The second kappa shape index (κ2) is 9.09. The topological polar surface area (TPSA) is 30.0 Å². The van der Waals surface area contributed by atoms with E-state index in [2.05, 4.69) is 43.7 Å². The van der Waals surface area contributed by atoms with Crippen LogP contribution in [0.3, 0.4) is 0 Å². The largest absolute Gasteiger partial charge is 0.506 e. The van der Waals surface area contributed by atoms with Gasteiger partial charge in [-0.25, -0.2) is 0 Å². The molecule has 26 heavy (non-hydrogen) atoms. The molecule has 0 spiro atoms. The zero-order valence-electron chi connectivity index (χ0n) is 15.0. The van der Waals surface area contributed by atoms with Crippen molar-refractivity contribution < 1.29 is 5.11 Å². The molecule has 1 aliphatic heterocycles. The van der Waals surface area contributed by atoms with Gasteiger partial charge < -0.3 is 19.8 Å². The minimum absolute atomic E-state index is 0.241. The number of anilines is 2. The van der Waals surface area contributed by atoms with E-state index in [0.717, 1.165) is 61.5 Å².